The van der Waals surface area contributed by atoms with Crippen LogP contribution in [-0.4, -0.2) is 11.5 Å². The Labute approximate surface area is 157 Å². The van der Waals surface area contributed by atoms with Gasteiger partial charge in [0.15, 0.2) is 0 Å². The maximum atomic E-state index is 12.4. The molecule has 0 saturated carbocycles. The van der Waals surface area contributed by atoms with Crippen molar-refractivity contribution in [3.05, 3.63) is 69.7 Å². The fourth-order valence-corrected chi connectivity index (χ4v) is 3.42. The van der Waals surface area contributed by atoms with Crippen LogP contribution in [0.2, 0.25) is 10.0 Å². The molecule has 0 bridgehead atoms. The van der Waals surface area contributed by atoms with Crippen molar-refractivity contribution in [2.24, 2.45) is 0 Å². The summed E-state index contributed by atoms with van der Waals surface area (Å²) in [6.45, 7) is 4.04. The number of para-hydroxylation sites is 1. The van der Waals surface area contributed by atoms with Crippen LogP contribution >= 0.6 is 23.2 Å². The lowest BCUT2D eigenvalue weighted by Crippen LogP contribution is -2.40. The SMILES string of the molecule is CC1(C)C[C@@H](NC(=O)/C=C/c2ccc(Cl)cc2Cl)c2ccccc2O1. The molecule has 1 atom stereocenters. The molecule has 25 heavy (non-hydrogen) atoms. The number of ether oxygens (including phenoxy) is 1. The Morgan fingerprint density at radius 2 is 2.00 bits per heavy atom. The van der Waals surface area contributed by atoms with E-state index in [2.05, 4.69) is 5.32 Å². The molecule has 1 N–H and O–H groups in total. The van der Waals surface area contributed by atoms with Crippen LogP contribution < -0.4 is 10.1 Å². The normalized spacial score (nSPS) is 18.5. The van der Waals surface area contributed by atoms with Crippen LogP contribution in [0.3, 0.4) is 0 Å². The Morgan fingerprint density at radius 3 is 2.76 bits per heavy atom. The lowest BCUT2D eigenvalue weighted by Gasteiger charge is -2.37. The van der Waals surface area contributed by atoms with E-state index in [1.807, 2.05) is 38.1 Å². The molecule has 1 heterocycles. The van der Waals surface area contributed by atoms with Gasteiger partial charge in [-0.1, -0.05) is 47.5 Å². The topological polar surface area (TPSA) is 38.3 Å². The number of hydrogen-bond acceptors (Lipinski definition) is 2. The van der Waals surface area contributed by atoms with Gasteiger partial charge in [-0.25, -0.2) is 0 Å². The van der Waals surface area contributed by atoms with Gasteiger partial charge in [-0.05, 0) is 43.7 Å². The van der Waals surface area contributed by atoms with Crippen LogP contribution in [0.15, 0.2) is 48.5 Å². The van der Waals surface area contributed by atoms with Crippen molar-refractivity contribution < 1.29 is 9.53 Å². The number of amides is 1. The number of halogens is 2. The van der Waals surface area contributed by atoms with E-state index in [0.29, 0.717) is 16.5 Å². The van der Waals surface area contributed by atoms with Crippen LogP contribution in [0.25, 0.3) is 6.08 Å². The highest BCUT2D eigenvalue weighted by Gasteiger charge is 2.33. The molecule has 0 saturated heterocycles. The average molecular weight is 376 g/mol. The van der Waals surface area contributed by atoms with Crippen molar-refractivity contribution in [1.29, 1.82) is 0 Å². The fraction of sp³-hybridized carbons (Fsp3) is 0.250. The van der Waals surface area contributed by atoms with E-state index >= 15 is 0 Å². The van der Waals surface area contributed by atoms with Crippen LogP contribution in [0.1, 0.15) is 37.4 Å². The Bertz CT molecular complexity index is 830. The minimum Gasteiger partial charge on any atom is -0.487 e. The molecule has 1 aliphatic heterocycles. The van der Waals surface area contributed by atoms with Gasteiger partial charge in [-0.15, -0.1) is 0 Å². The van der Waals surface area contributed by atoms with Gasteiger partial charge in [0, 0.05) is 28.1 Å². The molecule has 0 unspecified atom stereocenters. The average Bonchev–Trinajstić information content (AvgIpc) is 2.53. The maximum absolute atomic E-state index is 12.4. The van der Waals surface area contributed by atoms with E-state index in [1.54, 1.807) is 24.3 Å². The molecule has 1 aliphatic rings. The van der Waals surface area contributed by atoms with Crippen LogP contribution in [0.5, 0.6) is 5.75 Å². The zero-order valence-electron chi connectivity index (χ0n) is 14.1. The molecule has 0 aliphatic carbocycles. The first-order valence-electron chi connectivity index (χ1n) is 8.06. The van der Waals surface area contributed by atoms with Crippen LogP contribution in [-0.2, 0) is 4.79 Å². The fourth-order valence-electron chi connectivity index (χ4n) is 2.95. The molecule has 0 fully saturated rings. The number of fused-ring (bicyclic) bond motifs is 1. The molecule has 0 radical (unpaired) electrons. The van der Waals surface area contributed by atoms with Crippen molar-refractivity contribution in [1.82, 2.24) is 5.32 Å². The predicted octanol–water partition coefficient (Wildman–Crippen LogP) is 5.43. The van der Waals surface area contributed by atoms with E-state index in [9.17, 15) is 4.79 Å². The summed E-state index contributed by atoms with van der Waals surface area (Å²) in [5.41, 5.74) is 1.40. The van der Waals surface area contributed by atoms with Crippen molar-refractivity contribution in [2.75, 3.05) is 0 Å². The van der Waals surface area contributed by atoms with Gasteiger partial charge < -0.3 is 10.1 Å². The van der Waals surface area contributed by atoms with E-state index in [1.165, 1.54) is 6.08 Å². The highest BCUT2D eigenvalue weighted by atomic mass is 35.5. The first-order valence-corrected chi connectivity index (χ1v) is 8.81. The van der Waals surface area contributed by atoms with Gasteiger partial charge >= 0.3 is 0 Å². The van der Waals surface area contributed by atoms with Crippen molar-refractivity contribution in [3.8, 4) is 5.75 Å². The summed E-state index contributed by atoms with van der Waals surface area (Å²) in [5.74, 6) is 0.636. The summed E-state index contributed by atoms with van der Waals surface area (Å²) in [6.07, 6.45) is 3.87. The molecule has 130 valence electrons. The second-order valence-electron chi connectivity index (χ2n) is 6.66. The molecule has 5 heteroatoms. The van der Waals surface area contributed by atoms with Crippen molar-refractivity contribution in [3.63, 3.8) is 0 Å². The Hall–Kier alpha value is -1.97. The molecule has 1 amide bonds. The van der Waals surface area contributed by atoms with Gasteiger partial charge in [0.1, 0.15) is 11.4 Å². The summed E-state index contributed by atoms with van der Waals surface area (Å²) in [7, 11) is 0. The van der Waals surface area contributed by atoms with E-state index in [0.717, 1.165) is 16.9 Å². The number of rotatable bonds is 3. The quantitative estimate of drug-likeness (QED) is 0.726. The van der Waals surface area contributed by atoms with Gasteiger partial charge in [0.25, 0.3) is 0 Å². The van der Waals surface area contributed by atoms with Gasteiger partial charge in [0.05, 0.1) is 6.04 Å². The first-order chi connectivity index (χ1) is 11.8. The second-order valence-corrected chi connectivity index (χ2v) is 7.51. The van der Waals surface area contributed by atoms with E-state index in [4.69, 9.17) is 27.9 Å². The van der Waals surface area contributed by atoms with Gasteiger partial charge in [-0.3, -0.25) is 4.79 Å². The minimum atomic E-state index is -0.338. The maximum Gasteiger partial charge on any atom is 0.244 e. The Balaban J connectivity index is 1.75. The molecule has 0 aromatic heterocycles. The highest BCUT2D eigenvalue weighted by molar-refractivity contribution is 6.35. The van der Waals surface area contributed by atoms with E-state index in [-0.39, 0.29) is 17.6 Å². The predicted molar refractivity (Wildman–Crippen MR) is 102 cm³/mol. The third kappa shape index (κ3) is 4.36. The third-order valence-electron chi connectivity index (χ3n) is 4.07. The zero-order valence-corrected chi connectivity index (χ0v) is 15.6. The number of carbonyl (C=O) groups excluding carboxylic acids is 1. The summed E-state index contributed by atoms with van der Waals surface area (Å²) in [4.78, 5) is 12.4. The molecule has 0 spiro atoms. The van der Waals surface area contributed by atoms with Crippen LogP contribution in [0, 0.1) is 0 Å². The standard InChI is InChI=1S/C20H19Cl2NO2/c1-20(2)12-17(15-5-3-4-6-18(15)25-20)23-19(24)10-8-13-7-9-14(21)11-16(13)22/h3-11,17H,12H2,1-2H3,(H,23,24)/b10-8+/t17-/m1/s1. The Kier molecular flexibility index (Phi) is 5.07. The monoisotopic (exact) mass is 375 g/mol. The summed E-state index contributed by atoms with van der Waals surface area (Å²) in [5, 5.41) is 4.13. The molecule has 3 rings (SSSR count). The van der Waals surface area contributed by atoms with Gasteiger partial charge in [0.2, 0.25) is 5.91 Å². The highest BCUT2D eigenvalue weighted by Crippen LogP contribution is 2.39. The van der Waals surface area contributed by atoms with Crippen molar-refractivity contribution >= 4 is 35.2 Å². The van der Waals surface area contributed by atoms with Crippen molar-refractivity contribution in [2.45, 2.75) is 31.9 Å². The first kappa shape index (κ1) is 17.8. The van der Waals surface area contributed by atoms with Gasteiger partial charge in [-0.2, -0.15) is 0 Å². The largest absolute Gasteiger partial charge is 0.487 e. The lowest BCUT2D eigenvalue weighted by molar-refractivity contribution is -0.117. The van der Waals surface area contributed by atoms with Crippen LogP contribution in [0.4, 0.5) is 0 Å². The molecule has 2 aromatic rings. The minimum absolute atomic E-state index is 0.0993. The lowest BCUT2D eigenvalue weighted by atomic mass is 9.89. The Morgan fingerprint density at radius 1 is 1.24 bits per heavy atom. The van der Waals surface area contributed by atoms with E-state index < -0.39 is 0 Å². The molecular formula is C20H19Cl2NO2. The summed E-state index contributed by atoms with van der Waals surface area (Å²) < 4.78 is 5.99. The molecule has 3 nitrogen and oxygen atoms in total. The molecular weight excluding hydrogens is 357 g/mol. The summed E-state index contributed by atoms with van der Waals surface area (Å²) in [6, 6.07) is 12.9. The number of carbonyl (C=O) groups is 1. The smallest absolute Gasteiger partial charge is 0.244 e. The number of benzene rings is 2. The number of nitrogens with one attached hydrogen (secondary N) is 1. The number of hydrogen-bond donors (Lipinski definition) is 1. The summed E-state index contributed by atoms with van der Waals surface area (Å²) >= 11 is 12.0. The molecule has 2 aromatic carbocycles. The third-order valence-corrected chi connectivity index (χ3v) is 4.63. The second kappa shape index (κ2) is 7.11. The zero-order chi connectivity index (χ0) is 18.0.